The van der Waals surface area contributed by atoms with Crippen LogP contribution in [-0.4, -0.2) is 17.9 Å². The van der Waals surface area contributed by atoms with Crippen molar-refractivity contribution in [2.45, 2.75) is 0 Å². The maximum absolute atomic E-state index is 10.4. The summed E-state index contributed by atoms with van der Waals surface area (Å²) in [5, 5.41) is 9.10. The molecule has 0 unspecified atom stereocenters. The Morgan fingerprint density at radius 2 is 2.45 bits per heavy atom. The van der Waals surface area contributed by atoms with Gasteiger partial charge in [0.05, 0.1) is 0 Å². The van der Waals surface area contributed by atoms with Crippen molar-refractivity contribution < 1.29 is 19.4 Å². The number of hydrogen-bond acceptors (Lipinski definition) is 4. The smallest absolute Gasteiger partial charge is 0.346 e. The summed E-state index contributed by atoms with van der Waals surface area (Å²) < 4.78 is 9.92. The molecule has 0 amide bonds. The van der Waals surface area contributed by atoms with Crippen molar-refractivity contribution in [2.24, 2.45) is 0 Å². The molecular formula is C6H4O4S. The van der Waals surface area contributed by atoms with Crippen LogP contribution in [0.4, 0.5) is 0 Å². The van der Waals surface area contributed by atoms with E-state index in [-0.39, 0.29) is 11.7 Å². The Hall–Kier alpha value is -1.23. The van der Waals surface area contributed by atoms with Crippen LogP contribution in [0.1, 0.15) is 9.67 Å². The molecular weight excluding hydrogens is 168 g/mol. The predicted molar refractivity (Wildman–Crippen MR) is 37.4 cm³/mol. The summed E-state index contributed by atoms with van der Waals surface area (Å²) in [7, 11) is 0. The summed E-state index contributed by atoms with van der Waals surface area (Å²) in [5.74, 6) is -0.413. The van der Waals surface area contributed by atoms with Crippen molar-refractivity contribution in [1.29, 1.82) is 0 Å². The van der Waals surface area contributed by atoms with E-state index >= 15 is 0 Å². The monoisotopic (exact) mass is 172 g/mol. The maximum atomic E-state index is 10.4. The molecule has 0 radical (unpaired) electrons. The van der Waals surface area contributed by atoms with Crippen LogP contribution in [0.15, 0.2) is 6.07 Å². The minimum Gasteiger partial charge on any atom is -0.477 e. The zero-order valence-corrected chi connectivity index (χ0v) is 6.18. The van der Waals surface area contributed by atoms with Crippen LogP contribution in [0.3, 0.4) is 0 Å². The van der Waals surface area contributed by atoms with Gasteiger partial charge in [0.25, 0.3) is 0 Å². The first kappa shape index (κ1) is 6.48. The topological polar surface area (TPSA) is 55.8 Å². The highest BCUT2D eigenvalue weighted by Gasteiger charge is 2.20. The second-order valence-corrected chi connectivity index (χ2v) is 2.99. The highest BCUT2D eigenvalue weighted by Crippen LogP contribution is 2.40. The lowest BCUT2D eigenvalue weighted by atomic mass is 10.4. The van der Waals surface area contributed by atoms with Crippen LogP contribution >= 0.6 is 11.3 Å². The molecule has 2 rings (SSSR count). The van der Waals surface area contributed by atoms with Gasteiger partial charge in [-0.3, -0.25) is 0 Å². The second-order valence-electron chi connectivity index (χ2n) is 1.97. The SMILES string of the molecule is O=C(O)c1cc2c(s1)OCO2. The molecule has 0 fully saturated rings. The number of carboxylic acid groups (broad SMARTS) is 1. The molecule has 5 heteroatoms. The van der Waals surface area contributed by atoms with Gasteiger partial charge in [-0.15, -0.1) is 0 Å². The average molecular weight is 172 g/mol. The third-order valence-corrected chi connectivity index (χ3v) is 2.30. The lowest BCUT2D eigenvalue weighted by molar-refractivity contribution is 0.0701. The first-order chi connectivity index (χ1) is 5.27. The van der Waals surface area contributed by atoms with Crippen molar-refractivity contribution >= 4 is 17.3 Å². The minimum absolute atomic E-state index is 0.196. The highest BCUT2D eigenvalue weighted by atomic mass is 32.1. The summed E-state index contributed by atoms with van der Waals surface area (Å²) >= 11 is 1.08. The van der Waals surface area contributed by atoms with Gasteiger partial charge in [-0.2, -0.15) is 0 Å². The largest absolute Gasteiger partial charge is 0.477 e. The lowest BCUT2D eigenvalue weighted by Crippen LogP contribution is -1.96. The molecule has 2 heterocycles. The Balaban J connectivity index is 2.42. The molecule has 0 spiro atoms. The summed E-state index contributed by atoms with van der Waals surface area (Å²) in [6.45, 7) is 0.196. The van der Waals surface area contributed by atoms with E-state index in [9.17, 15) is 4.79 Å². The molecule has 0 saturated heterocycles. The Morgan fingerprint density at radius 1 is 1.64 bits per heavy atom. The summed E-state index contributed by atoms with van der Waals surface area (Å²) in [5.41, 5.74) is 0. The number of carboxylic acids is 1. The van der Waals surface area contributed by atoms with Crippen LogP contribution in [0.5, 0.6) is 10.8 Å². The number of ether oxygens (including phenoxy) is 2. The van der Waals surface area contributed by atoms with Gasteiger partial charge in [0.15, 0.2) is 5.75 Å². The zero-order chi connectivity index (χ0) is 7.84. The fraction of sp³-hybridized carbons (Fsp3) is 0.167. The van der Waals surface area contributed by atoms with Crippen molar-refractivity contribution in [3.05, 3.63) is 10.9 Å². The molecule has 0 saturated carbocycles. The average Bonchev–Trinajstić information content (AvgIpc) is 2.40. The van der Waals surface area contributed by atoms with Gasteiger partial charge in [0, 0.05) is 6.07 Å². The summed E-state index contributed by atoms with van der Waals surface area (Å²) in [6.07, 6.45) is 0. The standard InChI is InChI=1S/C6H4O4S/c7-5(8)4-1-3-6(11-4)10-2-9-3/h1H,2H2,(H,7,8). The molecule has 1 N–H and O–H groups in total. The molecule has 1 aromatic heterocycles. The Kier molecular flexibility index (Phi) is 1.25. The first-order valence-electron chi connectivity index (χ1n) is 2.90. The van der Waals surface area contributed by atoms with Gasteiger partial charge >= 0.3 is 5.97 Å². The molecule has 58 valence electrons. The van der Waals surface area contributed by atoms with E-state index in [1.807, 2.05) is 0 Å². The van der Waals surface area contributed by atoms with E-state index in [4.69, 9.17) is 14.6 Å². The van der Waals surface area contributed by atoms with E-state index < -0.39 is 5.97 Å². The number of carbonyl (C=O) groups is 1. The number of aromatic carboxylic acids is 1. The van der Waals surface area contributed by atoms with Crippen molar-refractivity contribution in [1.82, 2.24) is 0 Å². The van der Waals surface area contributed by atoms with Gasteiger partial charge in [0.2, 0.25) is 11.9 Å². The molecule has 11 heavy (non-hydrogen) atoms. The molecule has 0 bridgehead atoms. The summed E-state index contributed by atoms with van der Waals surface area (Å²) in [4.78, 5) is 10.7. The van der Waals surface area contributed by atoms with Gasteiger partial charge < -0.3 is 14.6 Å². The predicted octanol–water partition coefficient (Wildman–Crippen LogP) is 1.18. The van der Waals surface area contributed by atoms with E-state index in [1.165, 1.54) is 6.07 Å². The van der Waals surface area contributed by atoms with Gasteiger partial charge in [-0.25, -0.2) is 4.79 Å². The number of hydrogen-bond donors (Lipinski definition) is 1. The van der Waals surface area contributed by atoms with Crippen LogP contribution in [0.2, 0.25) is 0 Å². The van der Waals surface area contributed by atoms with Crippen LogP contribution < -0.4 is 9.47 Å². The number of rotatable bonds is 1. The van der Waals surface area contributed by atoms with Gasteiger partial charge in [0.1, 0.15) is 4.88 Å². The zero-order valence-electron chi connectivity index (χ0n) is 5.36. The van der Waals surface area contributed by atoms with Crippen molar-refractivity contribution in [2.75, 3.05) is 6.79 Å². The fourth-order valence-electron chi connectivity index (χ4n) is 0.811. The lowest BCUT2D eigenvalue weighted by Gasteiger charge is -1.89. The second kappa shape index (κ2) is 2.13. The van der Waals surface area contributed by atoms with Crippen LogP contribution in [-0.2, 0) is 0 Å². The summed E-state index contributed by atoms with van der Waals surface area (Å²) in [6, 6.07) is 1.47. The maximum Gasteiger partial charge on any atom is 0.346 e. The van der Waals surface area contributed by atoms with E-state index in [1.54, 1.807) is 0 Å². The third kappa shape index (κ3) is 0.932. The third-order valence-electron chi connectivity index (χ3n) is 1.28. The van der Waals surface area contributed by atoms with Crippen molar-refractivity contribution in [3.8, 4) is 10.8 Å². The number of fused-ring (bicyclic) bond motifs is 1. The molecule has 1 aliphatic rings. The van der Waals surface area contributed by atoms with E-state index in [0.717, 1.165) is 11.3 Å². The Bertz CT molecular complexity index is 282. The molecule has 4 nitrogen and oxygen atoms in total. The van der Waals surface area contributed by atoms with Gasteiger partial charge in [-0.05, 0) is 0 Å². The number of thiophene rings is 1. The Labute approximate surface area is 66.0 Å². The molecule has 1 aliphatic heterocycles. The van der Waals surface area contributed by atoms with Crippen LogP contribution in [0, 0.1) is 0 Å². The molecule has 0 atom stereocenters. The van der Waals surface area contributed by atoms with Crippen molar-refractivity contribution in [3.63, 3.8) is 0 Å². The van der Waals surface area contributed by atoms with Gasteiger partial charge in [-0.1, -0.05) is 11.3 Å². The minimum atomic E-state index is -0.948. The molecule has 0 aromatic carbocycles. The molecule has 1 aromatic rings. The first-order valence-corrected chi connectivity index (χ1v) is 3.72. The fourth-order valence-corrected chi connectivity index (χ4v) is 1.59. The Morgan fingerprint density at radius 3 is 3.09 bits per heavy atom. The normalized spacial score (nSPS) is 13.5. The quantitative estimate of drug-likeness (QED) is 0.690. The van der Waals surface area contributed by atoms with Crippen LogP contribution in [0.25, 0.3) is 0 Å². The van der Waals surface area contributed by atoms with E-state index in [0.29, 0.717) is 10.8 Å². The van der Waals surface area contributed by atoms with E-state index in [2.05, 4.69) is 0 Å². The highest BCUT2D eigenvalue weighted by molar-refractivity contribution is 7.16. The molecule has 0 aliphatic carbocycles.